The summed E-state index contributed by atoms with van der Waals surface area (Å²) in [7, 11) is 0. The van der Waals surface area contributed by atoms with Crippen molar-refractivity contribution in [1.29, 1.82) is 0 Å². The average molecular weight is 306 g/mol. The van der Waals surface area contributed by atoms with Crippen molar-refractivity contribution < 1.29 is 4.42 Å². The van der Waals surface area contributed by atoms with Gasteiger partial charge >= 0.3 is 0 Å². The fraction of sp³-hybridized carbons (Fsp3) is 0. The van der Waals surface area contributed by atoms with Crippen LogP contribution < -0.4 is 0 Å². The van der Waals surface area contributed by atoms with Gasteiger partial charge in [-0.3, -0.25) is 0 Å². The minimum atomic E-state index is 0.953. The predicted octanol–water partition coefficient (Wildman–Crippen LogP) is 4.83. The topological polar surface area (TPSA) is 26.0 Å². The third-order valence-electron chi connectivity index (χ3n) is 2.43. The van der Waals surface area contributed by atoms with Crippen molar-refractivity contribution in [2.45, 2.75) is 0 Å². The molecule has 0 aliphatic heterocycles. The SMILES string of the molecule is Brc1ccccc1-c1nc(-c2ccoc2)cs1. The highest BCUT2D eigenvalue weighted by atomic mass is 79.9. The van der Waals surface area contributed by atoms with Crippen LogP contribution in [0.2, 0.25) is 0 Å². The summed E-state index contributed by atoms with van der Waals surface area (Å²) in [5, 5.41) is 3.05. The Morgan fingerprint density at radius 3 is 2.82 bits per heavy atom. The van der Waals surface area contributed by atoms with Crippen LogP contribution in [0.4, 0.5) is 0 Å². The molecule has 0 unspecified atom stereocenters. The van der Waals surface area contributed by atoms with Crippen molar-refractivity contribution in [3.8, 4) is 21.8 Å². The molecular formula is C13H8BrNOS. The molecule has 0 saturated heterocycles. The van der Waals surface area contributed by atoms with E-state index in [1.54, 1.807) is 23.9 Å². The second kappa shape index (κ2) is 4.47. The summed E-state index contributed by atoms with van der Waals surface area (Å²) < 4.78 is 6.13. The quantitative estimate of drug-likeness (QED) is 0.677. The number of benzene rings is 1. The number of rotatable bonds is 2. The zero-order valence-electron chi connectivity index (χ0n) is 8.76. The van der Waals surface area contributed by atoms with E-state index in [1.165, 1.54) is 0 Å². The second-order valence-electron chi connectivity index (χ2n) is 3.53. The minimum Gasteiger partial charge on any atom is -0.472 e. The van der Waals surface area contributed by atoms with Crippen LogP contribution in [0.15, 0.2) is 57.1 Å². The molecule has 0 aliphatic carbocycles. The van der Waals surface area contributed by atoms with Crippen LogP contribution in [0.25, 0.3) is 21.8 Å². The van der Waals surface area contributed by atoms with Crippen LogP contribution >= 0.6 is 27.3 Å². The number of nitrogens with zero attached hydrogens (tertiary/aromatic N) is 1. The highest BCUT2D eigenvalue weighted by Crippen LogP contribution is 2.33. The molecule has 0 spiro atoms. The molecule has 17 heavy (non-hydrogen) atoms. The lowest BCUT2D eigenvalue weighted by atomic mass is 10.2. The van der Waals surface area contributed by atoms with Gasteiger partial charge in [0.15, 0.2) is 0 Å². The van der Waals surface area contributed by atoms with Crippen LogP contribution in [0.1, 0.15) is 0 Å². The van der Waals surface area contributed by atoms with E-state index >= 15 is 0 Å². The first-order chi connectivity index (χ1) is 8.34. The van der Waals surface area contributed by atoms with E-state index in [4.69, 9.17) is 4.42 Å². The molecule has 3 aromatic rings. The summed E-state index contributed by atoms with van der Waals surface area (Å²) >= 11 is 5.17. The van der Waals surface area contributed by atoms with Gasteiger partial charge in [-0.05, 0) is 12.1 Å². The number of furan rings is 1. The number of halogens is 1. The van der Waals surface area contributed by atoms with Crippen LogP contribution in [0.3, 0.4) is 0 Å². The Labute approximate surface area is 111 Å². The van der Waals surface area contributed by atoms with E-state index in [-0.39, 0.29) is 0 Å². The second-order valence-corrected chi connectivity index (χ2v) is 5.24. The van der Waals surface area contributed by atoms with Gasteiger partial charge in [0, 0.05) is 21.0 Å². The summed E-state index contributed by atoms with van der Waals surface area (Å²) in [5.41, 5.74) is 3.08. The zero-order valence-corrected chi connectivity index (χ0v) is 11.2. The van der Waals surface area contributed by atoms with Gasteiger partial charge in [0.2, 0.25) is 0 Å². The summed E-state index contributed by atoms with van der Waals surface area (Å²) in [6.45, 7) is 0. The smallest absolute Gasteiger partial charge is 0.125 e. The normalized spacial score (nSPS) is 10.6. The Kier molecular flexibility index (Phi) is 2.82. The predicted molar refractivity (Wildman–Crippen MR) is 73.0 cm³/mol. The van der Waals surface area contributed by atoms with Crippen molar-refractivity contribution in [3.63, 3.8) is 0 Å². The first kappa shape index (κ1) is 10.7. The van der Waals surface area contributed by atoms with Crippen molar-refractivity contribution in [1.82, 2.24) is 4.98 Å². The Bertz CT molecular complexity index is 630. The standard InChI is InChI=1S/C13H8BrNOS/c14-11-4-2-1-3-10(11)13-15-12(8-17-13)9-5-6-16-7-9/h1-8H. The summed E-state index contributed by atoms with van der Waals surface area (Å²) in [6.07, 6.45) is 3.37. The molecule has 2 nitrogen and oxygen atoms in total. The third-order valence-corrected chi connectivity index (χ3v) is 3.99. The highest BCUT2D eigenvalue weighted by molar-refractivity contribution is 9.10. The number of thiazole rings is 1. The first-order valence-corrected chi connectivity index (χ1v) is 6.75. The van der Waals surface area contributed by atoms with Crippen LogP contribution in [-0.4, -0.2) is 4.98 Å². The van der Waals surface area contributed by atoms with E-state index < -0.39 is 0 Å². The molecule has 2 aromatic heterocycles. The van der Waals surface area contributed by atoms with Gasteiger partial charge in [-0.1, -0.05) is 34.1 Å². The fourth-order valence-corrected chi connectivity index (χ4v) is 3.05. The van der Waals surface area contributed by atoms with Crippen LogP contribution in [0, 0.1) is 0 Å². The van der Waals surface area contributed by atoms with Gasteiger partial charge in [0.05, 0.1) is 18.2 Å². The molecule has 0 radical (unpaired) electrons. The molecule has 0 aliphatic rings. The molecule has 0 saturated carbocycles. The molecule has 0 bridgehead atoms. The summed E-state index contributed by atoms with van der Waals surface area (Å²) in [4.78, 5) is 4.61. The lowest BCUT2D eigenvalue weighted by Gasteiger charge is -1.98. The Morgan fingerprint density at radius 2 is 2.06 bits per heavy atom. The van der Waals surface area contributed by atoms with Gasteiger partial charge in [0.25, 0.3) is 0 Å². The van der Waals surface area contributed by atoms with Crippen LogP contribution in [-0.2, 0) is 0 Å². The molecule has 1 aromatic carbocycles. The molecule has 84 valence electrons. The maximum Gasteiger partial charge on any atom is 0.125 e. The largest absolute Gasteiger partial charge is 0.472 e. The van der Waals surface area contributed by atoms with Crippen molar-refractivity contribution in [2.75, 3.05) is 0 Å². The highest BCUT2D eigenvalue weighted by Gasteiger charge is 2.09. The van der Waals surface area contributed by atoms with Gasteiger partial charge in [-0.15, -0.1) is 11.3 Å². The third kappa shape index (κ3) is 2.06. The maximum atomic E-state index is 5.06. The fourth-order valence-electron chi connectivity index (χ4n) is 1.57. The molecule has 0 N–H and O–H groups in total. The molecule has 4 heteroatoms. The van der Waals surface area contributed by atoms with Crippen LogP contribution in [0.5, 0.6) is 0 Å². The molecule has 0 atom stereocenters. The van der Waals surface area contributed by atoms with Gasteiger partial charge in [-0.25, -0.2) is 4.98 Å². The molecule has 3 rings (SSSR count). The van der Waals surface area contributed by atoms with Crippen molar-refractivity contribution >= 4 is 27.3 Å². The lowest BCUT2D eigenvalue weighted by Crippen LogP contribution is -1.78. The van der Waals surface area contributed by atoms with E-state index in [1.807, 2.05) is 29.6 Å². The molecule has 0 amide bonds. The Morgan fingerprint density at radius 1 is 1.18 bits per heavy atom. The first-order valence-electron chi connectivity index (χ1n) is 5.07. The van der Waals surface area contributed by atoms with E-state index in [2.05, 4.69) is 27.0 Å². The summed E-state index contributed by atoms with van der Waals surface area (Å²) in [5.74, 6) is 0. The number of aromatic nitrogens is 1. The minimum absolute atomic E-state index is 0.953. The number of hydrogen-bond acceptors (Lipinski definition) is 3. The van der Waals surface area contributed by atoms with Gasteiger partial charge < -0.3 is 4.42 Å². The molecular weight excluding hydrogens is 298 g/mol. The molecule has 2 heterocycles. The average Bonchev–Trinajstić information content (AvgIpc) is 3.00. The lowest BCUT2D eigenvalue weighted by molar-refractivity contribution is 0.568. The number of hydrogen-bond donors (Lipinski definition) is 0. The zero-order chi connectivity index (χ0) is 11.7. The van der Waals surface area contributed by atoms with Crippen molar-refractivity contribution in [2.24, 2.45) is 0 Å². The van der Waals surface area contributed by atoms with E-state index in [0.717, 1.165) is 26.3 Å². The van der Waals surface area contributed by atoms with Gasteiger partial charge in [0.1, 0.15) is 5.01 Å². The Balaban J connectivity index is 2.04. The monoisotopic (exact) mass is 305 g/mol. The van der Waals surface area contributed by atoms with E-state index in [9.17, 15) is 0 Å². The van der Waals surface area contributed by atoms with Gasteiger partial charge in [-0.2, -0.15) is 0 Å². The molecule has 0 fully saturated rings. The maximum absolute atomic E-state index is 5.06. The van der Waals surface area contributed by atoms with Crippen molar-refractivity contribution in [3.05, 3.63) is 52.7 Å². The summed E-state index contributed by atoms with van der Waals surface area (Å²) in [6, 6.07) is 10.0. The van der Waals surface area contributed by atoms with E-state index in [0.29, 0.717) is 0 Å². The Hall–Kier alpha value is -1.39.